The van der Waals surface area contributed by atoms with E-state index >= 15 is 0 Å². The fourth-order valence-corrected chi connectivity index (χ4v) is 2.50. The molecule has 0 bridgehead atoms. The number of carbonyl (C=O) groups excluding carboxylic acids is 1. The predicted octanol–water partition coefficient (Wildman–Crippen LogP) is 3.02. The van der Waals surface area contributed by atoms with Crippen LogP contribution in [0.4, 0.5) is 4.39 Å². The second kappa shape index (κ2) is 4.94. The van der Waals surface area contributed by atoms with Gasteiger partial charge >= 0.3 is 0 Å². The lowest BCUT2D eigenvalue weighted by Gasteiger charge is -2.27. The van der Waals surface area contributed by atoms with Gasteiger partial charge in [-0.2, -0.15) is 0 Å². The van der Waals surface area contributed by atoms with Gasteiger partial charge in [0.05, 0.1) is 6.54 Å². The van der Waals surface area contributed by atoms with Crippen molar-refractivity contribution in [3.8, 4) is 0 Å². The topological polar surface area (TPSA) is 20.3 Å². The molecule has 1 aliphatic rings. The molecule has 0 aliphatic carbocycles. The normalized spacial score (nSPS) is 15.3. The number of rotatable bonds is 2. The second-order valence-electron chi connectivity index (χ2n) is 4.82. The van der Waals surface area contributed by atoms with Gasteiger partial charge in [-0.25, -0.2) is 4.39 Å². The van der Waals surface area contributed by atoms with Gasteiger partial charge in [0.2, 0.25) is 0 Å². The number of halogens is 1. The van der Waals surface area contributed by atoms with Gasteiger partial charge in [0, 0.05) is 24.2 Å². The minimum atomic E-state index is -0.288. The lowest BCUT2D eigenvalue weighted by Crippen LogP contribution is -2.35. The van der Waals surface area contributed by atoms with Crippen molar-refractivity contribution in [1.82, 2.24) is 4.90 Å². The van der Waals surface area contributed by atoms with E-state index < -0.39 is 0 Å². The largest absolute Gasteiger partial charge is 0.293 e. The van der Waals surface area contributed by atoms with Gasteiger partial charge in [-0.05, 0) is 11.6 Å². The Hall–Kier alpha value is -2.00. The van der Waals surface area contributed by atoms with Crippen LogP contribution < -0.4 is 0 Å². The molecule has 0 unspecified atom stereocenters. The lowest BCUT2D eigenvalue weighted by molar-refractivity contribution is 0.0891. The number of carbonyl (C=O) groups is 1. The average molecular weight is 255 g/mol. The van der Waals surface area contributed by atoms with Crippen LogP contribution in [0.1, 0.15) is 21.5 Å². The Morgan fingerprint density at radius 1 is 1.00 bits per heavy atom. The summed E-state index contributed by atoms with van der Waals surface area (Å²) in [5.41, 5.74) is 2.19. The number of Topliss-reactive ketones (excluding diaryl/α,β-unsaturated/α-hetero) is 1. The fourth-order valence-electron chi connectivity index (χ4n) is 2.50. The first-order valence-corrected chi connectivity index (χ1v) is 6.31. The first-order chi connectivity index (χ1) is 9.24. The van der Waals surface area contributed by atoms with Crippen molar-refractivity contribution in [2.75, 3.05) is 6.54 Å². The molecule has 0 saturated heterocycles. The summed E-state index contributed by atoms with van der Waals surface area (Å²) in [6.45, 7) is 1.51. The first-order valence-electron chi connectivity index (χ1n) is 6.31. The number of nitrogens with zero attached hydrogens (tertiary/aromatic N) is 1. The molecule has 0 amide bonds. The van der Waals surface area contributed by atoms with E-state index in [4.69, 9.17) is 0 Å². The van der Waals surface area contributed by atoms with Gasteiger partial charge in [-0.3, -0.25) is 9.69 Å². The Morgan fingerprint density at radius 2 is 1.79 bits per heavy atom. The summed E-state index contributed by atoms with van der Waals surface area (Å²) in [6.07, 6.45) is 0. The van der Waals surface area contributed by atoms with Gasteiger partial charge in [0.25, 0.3) is 0 Å². The molecule has 2 nitrogen and oxygen atoms in total. The molecule has 3 rings (SSSR count). The Bertz CT molecular complexity index is 609. The molecule has 1 aliphatic heterocycles. The first kappa shape index (κ1) is 12.1. The van der Waals surface area contributed by atoms with Crippen molar-refractivity contribution >= 4 is 5.78 Å². The molecule has 2 aromatic rings. The Labute approximate surface area is 111 Å². The van der Waals surface area contributed by atoms with Gasteiger partial charge in [0.15, 0.2) is 5.78 Å². The highest BCUT2D eigenvalue weighted by atomic mass is 19.1. The standard InChI is InChI=1S/C16H14FNO/c17-15-8-4-7-13-14(15)10-18(11-16(13)19)9-12-5-2-1-3-6-12/h1-8H,9-11H2. The number of fused-ring (bicyclic) bond motifs is 1. The minimum absolute atomic E-state index is 0.00307. The van der Waals surface area contributed by atoms with Gasteiger partial charge in [-0.1, -0.05) is 42.5 Å². The molecule has 0 fully saturated rings. The molecule has 0 atom stereocenters. The third-order valence-corrected chi connectivity index (χ3v) is 3.42. The van der Waals surface area contributed by atoms with Crippen LogP contribution in [0.15, 0.2) is 48.5 Å². The van der Waals surface area contributed by atoms with Crippen LogP contribution in [0.2, 0.25) is 0 Å². The zero-order chi connectivity index (χ0) is 13.2. The van der Waals surface area contributed by atoms with E-state index in [1.54, 1.807) is 12.1 Å². The Morgan fingerprint density at radius 3 is 2.58 bits per heavy atom. The highest BCUT2D eigenvalue weighted by Gasteiger charge is 2.25. The molecule has 0 saturated carbocycles. The summed E-state index contributed by atoms with van der Waals surface area (Å²) in [5.74, 6) is -0.291. The van der Waals surface area contributed by atoms with Crippen molar-refractivity contribution in [3.63, 3.8) is 0 Å². The van der Waals surface area contributed by atoms with E-state index in [0.29, 0.717) is 30.8 Å². The molecular weight excluding hydrogens is 241 g/mol. The Kier molecular flexibility index (Phi) is 3.13. The van der Waals surface area contributed by atoms with Crippen molar-refractivity contribution in [3.05, 3.63) is 71.0 Å². The lowest BCUT2D eigenvalue weighted by atomic mass is 9.98. The van der Waals surface area contributed by atoms with E-state index in [1.165, 1.54) is 6.07 Å². The van der Waals surface area contributed by atoms with Crippen molar-refractivity contribution < 1.29 is 9.18 Å². The fraction of sp³-hybridized carbons (Fsp3) is 0.188. The van der Waals surface area contributed by atoms with Crippen molar-refractivity contribution in [2.45, 2.75) is 13.1 Å². The molecule has 0 radical (unpaired) electrons. The molecule has 2 aromatic carbocycles. The van der Waals surface area contributed by atoms with E-state index in [9.17, 15) is 9.18 Å². The SMILES string of the molecule is O=C1CN(Cc2ccccc2)Cc2c(F)cccc21. The van der Waals surface area contributed by atoms with Crippen LogP contribution in [0.3, 0.4) is 0 Å². The smallest absolute Gasteiger partial charge is 0.177 e. The van der Waals surface area contributed by atoms with E-state index in [1.807, 2.05) is 35.2 Å². The van der Waals surface area contributed by atoms with E-state index in [2.05, 4.69) is 0 Å². The molecule has 96 valence electrons. The molecule has 1 heterocycles. The Balaban J connectivity index is 1.85. The van der Waals surface area contributed by atoms with E-state index in [0.717, 1.165) is 5.56 Å². The molecule has 0 spiro atoms. The van der Waals surface area contributed by atoms with E-state index in [-0.39, 0.29) is 11.6 Å². The summed E-state index contributed by atoms with van der Waals surface area (Å²) in [5, 5.41) is 0. The minimum Gasteiger partial charge on any atom is -0.293 e. The quantitative estimate of drug-likeness (QED) is 0.822. The maximum absolute atomic E-state index is 13.8. The number of ketones is 1. The third kappa shape index (κ3) is 2.42. The number of hydrogen-bond donors (Lipinski definition) is 0. The van der Waals surface area contributed by atoms with Crippen LogP contribution in [0.25, 0.3) is 0 Å². The van der Waals surface area contributed by atoms with Crippen LogP contribution >= 0.6 is 0 Å². The molecule has 0 N–H and O–H groups in total. The third-order valence-electron chi connectivity index (χ3n) is 3.42. The zero-order valence-electron chi connectivity index (χ0n) is 10.5. The summed E-state index contributed by atoms with van der Waals surface area (Å²) in [7, 11) is 0. The van der Waals surface area contributed by atoms with Gasteiger partial charge < -0.3 is 0 Å². The maximum Gasteiger partial charge on any atom is 0.177 e. The summed E-state index contributed by atoms with van der Waals surface area (Å²) in [4.78, 5) is 14.0. The maximum atomic E-state index is 13.8. The highest BCUT2D eigenvalue weighted by molar-refractivity contribution is 5.99. The zero-order valence-corrected chi connectivity index (χ0v) is 10.5. The van der Waals surface area contributed by atoms with Crippen LogP contribution in [-0.2, 0) is 13.1 Å². The summed E-state index contributed by atoms with van der Waals surface area (Å²) < 4.78 is 13.8. The van der Waals surface area contributed by atoms with Crippen LogP contribution in [0, 0.1) is 5.82 Å². The summed E-state index contributed by atoms with van der Waals surface area (Å²) >= 11 is 0. The second-order valence-corrected chi connectivity index (χ2v) is 4.82. The molecular formula is C16H14FNO. The van der Waals surface area contributed by atoms with Crippen LogP contribution in [-0.4, -0.2) is 17.2 Å². The average Bonchev–Trinajstić information content (AvgIpc) is 2.41. The van der Waals surface area contributed by atoms with Crippen molar-refractivity contribution in [1.29, 1.82) is 0 Å². The molecule has 0 aromatic heterocycles. The number of benzene rings is 2. The molecule has 19 heavy (non-hydrogen) atoms. The monoisotopic (exact) mass is 255 g/mol. The van der Waals surface area contributed by atoms with Gasteiger partial charge in [-0.15, -0.1) is 0 Å². The predicted molar refractivity (Wildman–Crippen MR) is 71.3 cm³/mol. The van der Waals surface area contributed by atoms with Crippen molar-refractivity contribution in [2.24, 2.45) is 0 Å². The summed E-state index contributed by atoms with van der Waals surface area (Å²) in [6, 6.07) is 14.6. The highest BCUT2D eigenvalue weighted by Crippen LogP contribution is 2.22. The molecule has 3 heteroatoms. The van der Waals surface area contributed by atoms with Crippen LogP contribution in [0.5, 0.6) is 0 Å². The number of hydrogen-bond acceptors (Lipinski definition) is 2. The van der Waals surface area contributed by atoms with Gasteiger partial charge in [0.1, 0.15) is 5.82 Å².